The minimum atomic E-state index is -1.34. The number of phenols is 1. The van der Waals surface area contributed by atoms with E-state index in [-0.39, 0.29) is 69.1 Å². The van der Waals surface area contributed by atoms with E-state index in [0.29, 0.717) is 11.3 Å². The zero-order valence-electron chi connectivity index (χ0n) is 28.5. The highest BCUT2D eigenvalue weighted by atomic mass is 16.4. The standard InChI is InChI=1S/C32H48N10O9/c1-17(2)12-23(40-27(46)21(33)9-10-26(44)45)28(47)41-24(13-18-5-7-20(43)8-6-18)29(48)42-25(14-19-15-36-16-38-19)30(49)39-22(31(50)51)4-3-11-37-32(34)35/h5-8,15-17,21-25,43H,3-4,9-14,33H2,1-2H3,(H,36,38)(H,39,49)(H,40,46)(H,41,47)(H,42,48)(H,44,45)(H,50,51)(H4,34,35,37)/t21-,22-,23-,24-,25-/m0/s1. The predicted molar refractivity (Wildman–Crippen MR) is 184 cm³/mol. The fourth-order valence-corrected chi connectivity index (χ4v) is 4.87. The lowest BCUT2D eigenvalue weighted by molar-refractivity contribution is -0.142. The highest BCUT2D eigenvalue weighted by molar-refractivity contribution is 5.95. The summed E-state index contributed by atoms with van der Waals surface area (Å²) in [6, 6.07) is -0.541. The van der Waals surface area contributed by atoms with Gasteiger partial charge in [0.15, 0.2) is 5.96 Å². The molecule has 0 radical (unpaired) electrons. The highest BCUT2D eigenvalue weighted by Gasteiger charge is 2.32. The van der Waals surface area contributed by atoms with Crippen LogP contribution in [0.4, 0.5) is 0 Å². The molecule has 2 rings (SSSR count). The van der Waals surface area contributed by atoms with Gasteiger partial charge in [0.05, 0.1) is 12.4 Å². The molecule has 4 amide bonds. The molecule has 19 nitrogen and oxygen atoms in total. The van der Waals surface area contributed by atoms with E-state index in [4.69, 9.17) is 22.3 Å². The number of hydrogen-bond acceptors (Lipinski definition) is 10. The number of aliphatic imine (C=N–C) groups is 1. The number of phenolic OH excluding ortho intramolecular Hbond substituents is 1. The molecule has 0 bridgehead atoms. The number of aromatic nitrogens is 2. The first-order valence-electron chi connectivity index (χ1n) is 16.3. The lowest BCUT2D eigenvalue weighted by atomic mass is 10.00. The maximum Gasteiger partial charge on any atom is 0.326 e. The van der Waals surface area contributed by atoms with Crippen LogP contribution in [0.15, 0.2) is 41.8 Å². The third-order valence-electron chi connectivity index (χ3n) is 7.53. The first kappa shape index (κ1) is 41.5. The predicted octanol–water partition coefficient (Wildman–Crippen LogP) is -1.78. The van der Waals surface area contributed by atoms with Crippen LogP contribution in [-0.2, 0) is 41.6 Å². The summed E-state index contributed by atoms with van der Waals surface area (Å²) < 4.78 is 0. The summed E-state index contributed by atoms with van der Waals surface area (Å²) >= 11 is 0. The summed E-state index contributed by atoms with van der Waals surface area (Å²) in [5.74, 6) is -5.92. The summed E-state index contributed by atoms with van der Waals surface area (Å²) in [6.45, 7) is 3.74. The molecular formula is C32H48N10O9. The van der Waals surface area contributed by atoms with Gasteiger partial charge in [-0.1, -0.05) is 26.0 Å². The van der Waals surface area contributed by atoms with Crippen molar-refractivity contribution >= 4 is 41.5 Å². The fraction of sp³-hybridized carbons (Fsp3) is 0.500. The topological polar surface area (TPSA) is 330 Å². The van der Waals surface area contributed by atoms with Gasteiger partial charge in [0.2, 0.25) is 23.6 Å². The Morgan fingerprint density at radius 3 is 1.92 bits per heavy atom. The van der Waals surface area contributed by atoms with Crippen molar-refractivity contribution in [1.29, 1.82) is 0 Å². The van der Waals surface area contributed by atoms with Gasteiger partial charge in [0, 0.05) is 37.7 Å². The van der Waals surface area contributed by atoms with E-state index in [1.165, 1.54) is 36.8 Å². The number of carbonyl (C=O) groups excluding carboxylic acids is 4. The molecule has 0 saturated carbocycles. The molecular weight excluding hydrogens is 668 g/mol. The lowest BCUT2D eigenvalue weighted by Crippen LogP contribution is -2.59. The zero-order chi connectivity index (χ0) is 38.1. The van der Waals surface area contributed by atoms with Crippen molar-refractivity contribution in [3.05, 3.63) is 48.0 Å². The van der Waals surface area contributed by atoms with Gasteiger partial charge in [0.1, 0.15) is 29.9 Å². The van der Waals surface area contributed by atoms with E-state index in [0.717, 1.165) is 0 Å². The van der Waals surface area contributed by atoms with Gasteiger partial charge < -0.3 is 58.8 Å². The van der Waals surface area contributed by atoms with Gasteiger partial charge in [-0.2, -0.15) is 0 Å². The van der Waals surface area contributed by atoms with E-state index in [1.807, 2.05) is 0 Å². The molecule has 2 aromatic rings. The third-order valence-corrected chi connectivity index (χ3v) is 7.53. The number of carbonyl (C=O) groups is 6. The van der Waals surface area contributed by atoms with Crippen LogP contribution in [-0.4, -0.2) is 104 Å². The second-order valence-corrected chi connectivity index (χ2v) is 12.4. The minimum absolute atomic E-state index is 0.0228. The summed E-state index contributed by atoms with van der Waals surface area (Å²) in [5, 5.41) is 38.7. The number of aromatic amines is 1. The molecule has 0 spiro atoms. The Labute approximate surface area is 294 Å². The van der Waals surface area contributed by atoms with E-state index in [9.17, 15) is 39.0 Å². The average Bonchev–Trinajstić information content (AvgIpc) is 3.57. The summed E-state index contributed by atoms with van der Waals surface area (Å²) in [4.78, 5) is 87.4. The van der Waals surface area contributed by atoms with Crippen LogP contribution >= 0.6 is 0 Å². The van der Waals surface area contributed by atoms with Crippen LogP contribution in [0.5, 0.6) is 5.75 Å². The Morgan fingerprint density at radius 2 is 1.39 bits per heavy atom. The number of aromatic hydroxyl groups is 1. The van der Waals surface area contributed by atoms with Crippen LogP contribution in [0.1, 0.15) is 57.2 Å². The smallest absolute Gasteiger partial charge is 0.326 e. The number of imidazole rings is 1. The van der Waals surface area contributed by atoms with Gasteiger partial charge in [-0.05, 0) is 49.3 Å². The largest absolute Gasteiger partial charge is 0.508 e. The summed E-state index contributed by atoms with van der Waals surface area (Å²) in [7, 11) is 0. The van der Waals surface area contributed by atoms with Crippen LogP contribution in [0.25, 0.3) is 0 Å². The molecule has 1 aromatic carbocycles. The minimum Gasteiger partial charge on any atom is -0.508 e. The second-order valence-electron chi connectivity index (χ2n) is 12.4. The Hall–Kier alpha value is -5.72. The number of amides is 4. The molecule has 0 aliphatic rings. The number of benzene rings is 1. The van der Waals surface area contributed by atoms with Crippen molar-refractivity contribution in [2.45, 2.75) is 89.0 Å². The summed E-state index contributed by atoms with van der Waals surface area (Å²) in [5.41, 5.74) is 17.4. The van der Waals surface area contributed by atoms with Gasteiger partial charge in [-0.25, -0.2) is 9.78 Å². The molecule has 0 aliphatic heterocycles. The van der Waals surface area contributed by atoms with Gasteiger partial charge >= 0.3 is 11.9 Å². The van der Waals surface area contributed by atoms with Crippen LogP contribution in [0, 0.1) is 5.92 Å². The number of nitrogens with two attached hydrogens (primary N) is 3. The number of H-pyrrole nitrogens is 1. The quantitative estimate of drug-likeness (QED) is 0.0365. The van der Waals surface area contributed by atoms with Crippen molar-refractivity contribution in [1.82, 2.24) is 31.2 Å². The van der Waals surface area contributed by atoms with Crippen molar-refractivity contribution in [3.8, 4) is 5.75 Å². The van der Waals surface area contributed by atoms with E-state index in [1.54, 1.807) is 13.8 Å². The van der Waals surface area contributed by atoms with E-state index < -0.39 is 65.8 Å². The fourth-order valence-electron chi connectivity index (χ4n) is 4.87. The molecule has 5 atom stereocenters. The van der Waals surface area contributed by atoms with Crippen molar-refractivity contribution in [3.63, 3.8) is 0 Å². The molecule has 51 heavy (non-hydrogen) atoms. The number of nitrogens with one attached hydrogen (secondary N) is 5. The Kier molecular flexibility index (Phi) is 16.8. The maximum absolute atomic E-state index is 13.9. The molecule has 1 heterocycles. The number of rotatable bonds is 22. The Morgan fingerprint density at radius 1 is 0.824 bits per heavy atom. The molecule has 19 heteroatoms. The maximum atomic E-state index is 13.9. The van der Waals surface area contributed by atoms with Crippen LogP contribution in [0.2, 0.25) is 0 Å². The average molecular weight is 717 g/mol. The number of carboxylic acids is 2. The lowest BCUT2D eigenvalue weighted by Gasteiger charge is -2.27. The van der Waals surface area contributed by atoms with Crippen LogP contribution in [0.3, 0.4) is 0 Å². The molecule has 14 N–H and O–H groups in total. The summed E-state index contributed by atoms with van der Waals surface area (Å²) in [6.07, 6.45) is 2.37. The number of nitrogens with zero attached hydrogens (tertiary/aromatic N) is 2. The Balaban J connectivity index is 2.35. The van der Waals surface area contributed by atoms with Crippen molar-refractivity contribution < 1.29 is 44.1 Å². The highest BCUT2D eigenvalue weighted by Crippen LogP contribution is 2.13. The molecule has 280 valence electrons. The van der Waals surface area contributed by atoms with E-state index in [2.05, 4.69) is 36.2 Å². The first-order valence-corrected chi connectivity index (χ1v) is 16.3. The molecule has 0 unspecified atom stereocenters. The third kappa shape index (κ3) is 15.6. The number of carboxylic acid groups (broad SMARTS) is 2. The number of guanidine groups is 1. The monoisotopic (exact) mass is 716 g/mol. The zero-order valence-corrected chi connectivity index (χ0v) is 28.5. The second kappa shape index (κ2) is 20.7. The number of hydrogen-bond donors (Lipinski definition) is 11. The SMILES string of the molecule is CC(C)C[C@H](NC(=O)[C@@H](N)CCC(=O)O)C(=O)N[C@@H](Cc1ccc(O)cc1)C(=O)N[C@@H](Cc1cnc[nH]1)C(=O)N[C@@H](CCCN=C(N)N)C(=O)O. The molecule has 1 aromatic heterocycles. The molecule has 0 aliphatic carbocycles. The first-order chi connectivity index (χ1) is 24.0. The van der Waals surface area contributed by atoms with Crippen molar-refractivity contribution in [2.24, 2.45) is 28.1 Å². The van der Waals surface area contributed by atoms with E-state index >= 15 is 0 Å². The van der Waals surface area contributed by atoms with Gasteiger partial charge in [-0.15, -0.1) is 0 Å². The molecule has 0 saturated heterocycles. The molecule has 0 fully saturated rings. The Bertz CT molecular complexity index is 1500. The van der Waals surface area contributed by atoms with Crippen molar-refractivity contribution in [2.75, 3.05) is 6.54 Å². The van der Waals surface area contributed by atoms with Gasteiger partial charge in [-0.3, -0.25) is 29.0 Å². The van der Waals surface area contributed by atoms with Crippen LogP contribution < -0.4 is 38.5 Å². The normalized spacial score (nSPS) is 13.9. The number of aliphatic carboxylic acids is 2. The van der Waals surface area contributed by atoms with Gasteiger partial charge in [0.25, 0.3) is 0 Å².